The molecule has 19 heavy (non-hydrogen) atoms. The molecule has 0 aromatic heterocycles. The van der Waals surface area contributed by atoms with Crippen LogP contribution in [0.25, 0.3) is 0 Å². The topological polar surface area (TPSA) is 6.25 Å². The molecule has 2 heterocycles. The Morgan fingerprint density at radius 3 is 2.16 bits per heavy atom. The first-order chi connectivity index (χ1) is 8.75. The highest BCUT2D eigenvalue weighted by atomic mass is 15.3. The van der Waals surface area contributed by atoms with E-state index in [0.29, 0.717) is 10.8 Å². The molecule has 112 valence electrons. The number of likely N-dealkylation sites (tertiary alicyclic amines) is 1. The van der Waals surface area contributed by atoms with Gasteiger partial charge in [0.25, 0.3) is 0 Å². The van der Waals surface area contributed by atoms with Crippen LogP contribution in [0.1, 0.15) is 60.3 Å². The maximum atomic E-state index is 2.68. The van der Waals surface area contributed by atoms with Crippen molar-refractivity contribution in [3.8, 4) is 0 Å². The van der Waals surface area contributed by atoms with Crippen LogP contribution in [-0.4, -0.2) is 48.6 Å². The van der Waals surface area contributed by atoms with Crippen molar-refractivity contribution in [2.75, 3.05) is 32.7 Å². The standard InChI is InChI=1S/C17H34N2/c1-16(2,3)7-12-19-14-15(19)13-17(4,5)8-11-18-9-6-10-18/h15H,6-14H2,1-5H3. The molecule has 0 saturated carbocycles. The predicted molar refractivity (Wildman–Crippen MR) is 83.5 cm³/mol. The second-order valence-corrected chi connectivity index (χ2v) is 8.77. The SMILES string of the molecule is CC(C)(C)CCN1CC1CC(C)(C)CCN1CCC1. The minimum atomic E-state index is 0.486. The zero-order valence-corrected chi connectivity index (χ0v) is 13.8. The second-order valence-electron chi connectivity index (χ2n) is 8.77. The number of rotatable bonds is 7. The van der Waals surface area contributed by atoms with Crippen LogP contribution in [0.5, 0.6) is 0 Å². The Morgan fingerprint density at radius 1 is 0.947 bits per heavy atom. The fourth-order valence-electron chi connectivity index (χ4n) is 2.98. The van der Waals surface area contributed by atoms with E-state index in [4.69, 9.17) is 0 Å². The monoisotopic (exact) mass is 266 g/mol. The molecule has 0 bridgehead atoms. The van der Waals surface area contributed by atoms with Crippen molar-refractivity contribution in [3.63, 3.8) is 0 Å². The Kier molecular flexibility index (Phi) is 4.62. The highest BCUT2D eigenvalue weighted by molar-refractivity contribution is 4.93. The van der Waals surface area contributed by atoms with E-state index in [1.165, 1.54) is 58.4 Å². The summed E-state index contributed by atoms with van der Waals surface area (Å²) in [5.41, 5.74) is 1.01. The van der Waals surface area contributed by atoms with Crippen molar-refractivity contribution in [2.45, 2.75) is 66.3 Å². The zero-order chi connectivity index (χ0) is 14.1. The predicted octanol–water partition coefficient (Wildman–Crippen LogP) is 3.62. The lowest BCUT2D eigenvalue weighted by molar-refractivity contribution is 0.145. The van der Waals surface area contributed by atoms with Gasteiger partial charge in [-0.1, -0.05) is 34.6 Å². The lowest BCUT2D eigenvalue weighted by Crippen LogP contribution is -2.39. The molecular weight excluding hydrogens is 232 g/mol. The summed E-state index contributed by atoms with van der Waals surface area (Å²) in [5.74, 6) is 0. The summed E-state index contributed by atoms with van der Waals surface area (Å²) in [6.45, 7) is 18.6. The highest BCUT2D eigenvalue weighted by Crippen LogP contribution is 2.35. The molecule has 2 nitrogen and oxygen atoms in total. The van der Waals surface area contributed by atoms with Crippen LogP contribution < -0.4 is 0 Å². The van der Waals surface area contributed by atoms with Gasteiger partial charge in [-0.05, 0) is 62.7 Å². The van der Waals surface area contributed by atoms with E-state index in [0.717, 1.165) is 6.04 Å². The van der Waals surface area contributed by atoms with Gasteiger partial charge in [-0.3, -0.25) is 4.90 Å². The van der Waals surface area contributed by atoms with Crippen LogP contribution in [0.2, 0.25) is 0 Å². The minimum Gasteiger partial charge on any atom is -0.303 e. The van der Waals surface area contributed by atoms with E-state index < -0.39 is 0 Å². The van der Waals surface area contributed by atoms with Gasteiger partial charge in [0.2, 0.25) is 0 Å². The van der Waals surface area contributed by atoms with Crippen LogP contribution >= 0.6 is 0 Å². The third-order valence-corrected chi connectivity index (χ3v) is 4.82. The molecule has 2 fully saturated rings. The fraction of sp³-hybridized carbons (Fsp3) is 1.00. The summed E-state index contributed by atoms with van der Waals surface area (Å²) < 4.78 is 0. The molecule has 2 aliphatic rings. The Morgan fingerprint density at radius 2 is 1.63 bits per heavy atom. The van der Waals surface area contributed by atoms with Gasteiger partial charge in [-0.15, -0.1) is 0 Å². The van der Waals surface area contributed by atoms with Crippen LogP contribution in [0.4, 0.5) is 0 Å². The first-order valence-corrected chi connectivity index (χ1v) is 8.22. The minimum absolute atomic E-state index is 0.486. The van der Waals surface area contributed by atoms with Crippen molar-refractivity contribution in [1.82, 2.24) is 9.80 Å². The summed E-state index contributed by atoms with van der Waals surface area (Å²) in [6.07, 6.45) is 5.52. The smallest absolute Gasteiger partial charge is 0.0229 e. The highest BCUT2D eigenvalue weighted by Gasteiger charge is 2.38. The second kappa shape index (κ2) is 5.73. The molecule has 0 aromatic rings. The number of nitrogens with zero attached hydrogens (tertiary/aromatic N) is 2. The first-order valence-electron chi connectivity index (χ1n) is 8.22. The summed E-state index contributed by atoms with van der Waals surface area (Å²) >= 11 is 0. The van der Waals surface area contributed by atoms with Crippen molar-refractivity contribution in [2.24, 2.45) is 10.8 Å². The van der Waals surface area contributed by atoms with Gasteiger partial charge >= 0.3 is 0 Å². The molecule has 2 atom stereocenters. The Labute approximate surface area is 120 Å². The van der Waals surface area contributed by atoms with Gasteiger partial charge in [-0.25, -0.2) is 0 Å². The number of hydrogen-bond donors (Lipinski definition) is 0. The van der Waals surface area contributed by atoms with Gasteiger partial charge in [0, 0.05) is 12.6 Å². The summed E-state index contributed by atoms with van der Waals surface area (Å²) in [5, 5.41) is 0. The van der Waals surface area contributed by atoms with Crippen molar-refractivity contribution in [1.29, 1.82) is 0 Å². The van der Waals surface area contributed by atoms with Gasteiger partial charge < -0.3 is 4.90 Å². The van der Waals surface area contributed by atoms with Gasteiger partial charge in [0.05, 0.1) is 0 Å². The molecule has 0 aliphatic carbocycles. The van der Waals surface area contributed by atoms with Crippen molar-refractivity contribution in [3.05, 3.63) is 0 Å². The first kappa shape index (κ1) is 15.3. The maximum Gasteiger partial charge on any atom is 0.0229 e. The average molecular weight is 266 g/mol. The molecule has 0 spiro atoms. The summed E-state index contributed by atoms with van der Waals surface area (Å²) in [4.78, 5) is 5.28. The third kappa shape index (κ3) is 5.43. The molecule has 0 N–H and O–H groups in total. The van der Waals surface area contributed by atoms with E-state index in [2.05, 4.69) is 44.4 Å². The average Bonchev–Trinajstić information content (AvgIpc) is 2.88. The lowest BCUT2D eigenvalue weighted by atomic mass is 9.83. The van der Waals surface area contributed by atoms with E-state index in [1.807, 2.05) is 0 Å². The van der Waals surface area contributed by atoms with Crippen molar-refractivity contribution < 1.29 is 0 Å². The quantitative estimate of drug-likeness (QED) is 0.649. The summed E-state index contributed by atoms with van der Waals surface area (Å²) in [6, 6.07) is 0.883. The van der Waals surface area contributed by atoms with Crippen LogP contribution in [0, 0.1) is 10.8 Å². The van der Waals surface area contributed by atoms with Crippen molar-refractivity contribution >= 4 is 0 Å². The largest absolute Gasteiger partial charge is 0.303 e. The molecule has 0 radical (unpaired) electrons. The van der Waals surface area contributed by atoms with Crippen LogP contribution in [0.15, 0.2) is 0 Å². The third-order valence-electron chi connectivity index (χ3n) is 4.82. The van der Waals surface area contributed by atoms with Gasteiger partial charge in [0.1, 0.15) is 0 Å². The normalized spacial score (nSPS) is 28.3. The van der Waals surface area contributed by atoms with Gasteiger partial charge in [0.15, 0.2) is 0 Å². The van der Waals surface area contributed by atoms with E-state index in [9.17, 15) is 0 Å². The maximum absolute atomic E-state index is 2.68. The van der Waals surface area contributed by atoms with Crippen LogP contribution in [-0.2, 0) is 0 Å². The fourth-order valence-corrected chi connectivity index (χ4v) is 2.98. The molecule has 0 aromatic carbocycles. The summed E-state index contributed by atoms with van der Waals surface area (Å²) in [7, 11) is 0. The molecule has 2 saturated heterocycles. The van der Waals surface area contributed by atoms with Crippen LogP contribution in [0.3, 0.4) is 0 Å². The number of hydrogen-bond acceptors (Lipinski definition) is 2. The zero-order valence-electron chi connectivity index (χ0n) is 13.8. The molecule has 2 heteroatoms. The molecular formula is C17H34N2. The molecule has 0 amide bonds. The van der Waals surface area contributed by atoms with E-state index >= 15 is 0 Å². The Balaban J connectivity index is 1.61. The van der Waals surface area contributed by atoms with Gasteiger partial charge in [-0.2, -0.15) is 0 Å². The molecule has 2 aliphatic heterocycles. The molecule has 2 unspecified atom stereocenters. The van der Waals surface area contributed by atoms with E-state index in [1.54, 1.807) is 0 Å². The Hall–Kier alpha value is -0.0800. The Bertz CT molecular complexity index is 286. The lowest BCUT2D eigenvalue weighted by Gasteiger charge is -2.34. The van der Waals surface area contributed by atoms with E-state index in [-0.39, 0.29) is 0 Å². The molecule has 2 rings (SSSR count).